The Morgan fingerprint density at radius 3 is 2.17 bits per heavy atom. The molecule has 0 bridgehead atoms. The van der Waals surface area contributed by atoms with Gasteiger partial charge in [0.1, 0.15) is 0 Å². The molecule has 0 unspecified atom stereocenters. The lowest BCUT2D eigenvalue weighted by atomic mass is 9.78. The zero-order valence-electron chi connectivity index (χ0n) is 9.35. The predicted octanol–water partition coefficient (Wildman–Crippen LogP) is 4.42. The van der Waals surface area contributed by atoms with Crippen LogP contribution < -0.4 is 0 Å². The lowest BCUT2D eigenvalue weighted by Gasteiger charge is -2.27. The molecule has 0 atom stereocenters. The van der Waals surface area contributed by atoms with Crippen LogP contribution in [0.1, 0.15) is 53.9 Å². The minimum atomic E-state index is 0.463. The van der Waals surface area contributed by atoms with Crippen LogP contribution in [0, 0.1) is 11.3 Å². The summed E-state index contributed by atoms with van der Waals surface area (Å²) in [4.78, 5) is 0. The van der Waals surface area contributed by atoms with Gasteiger partial charge >= 0.3 is 0 Å². The van der Waals surface area contributed by atoms with Gasteiger partial charge in [0.25, 0.3) is 0 Å². The molecule has 72 valence electrons. The van der Waals surface area contributed by atoms with Crippen LogP contribution in [0.4, 0.5) is 0 Å². The first-order valence-corrected chi connectivity index (χ1v) is 5.15. The summed E-state index contributed by atoms with van der Waals surface area (Å²) in [6, 6.07) is 0. The first-order valence-electron chi connectivity index (χ1n) is 5.15. The summed E-state index contributed by atoms with van der Waals surface area (Å²) in [6.07, 6.45) is 8.35. The molecular weight excluding hydrogens is 144 g/mol. The molecule has 0 aromatic rings. The van der Waals surface area contributed by atoms with Gasteiger partial charge in [-0.1, -0.05) is 53.2 Å². The highest BCUT2D eigenvalue weighted by atomic mass is 14.2. The minimum absolute atomic E-state index is 0.463. The van der Waals surface area contributed by atoms with E-state index >= 15 is 0 Å². The molecule has 0 aliphatic carbocycles. The zero-order chi connectivity index (χ0) is 9.61. The molecule has 0 N–H and O–H groups in total. The molecule has 0 nitrogen and oxygen atoms in total. The fraction of sp³-hybridized carbons (Fsp3) is 0.833. The molecule has 0 heteroatoms. The van der Waals surface area contributed by atoms with Gasteiger partial charge < -0.3 is 0 Å². The van der Waals surface area contributed by atoms with Gasteiger partial charge in [0.2, 0.25) is 0 Å². The zero-order valence-corrected chi connectivity index (χ0v) is 9.35. The molecule has 0 aromatic carbocycles. The van der Waals surface area contributed by atoms with Gasteiger partial charge in [-0.2, -0.15) is 0 Å². The summed E-state index contributed by atoms with van der Waals surface area (Å²) >= 11 is 0. The maximum absolute atomic E-state index is 2.34. The highest BCUT2D eigenvalue weighted by Crippen LogP contribution is 2.30. The van der Waals surface area contributed by atoms with Gasteiger partial charge in [-0.3, -0.25) is 0 Å². The molecule has 0 aliphatic heterocycles. The van der Waals surface area contributed by atoms with Crippen molar-refractivity contribution in [3.8, 4) is 0 Å². The fourth-order valence-corrected chi connectivity index (χ4v) is 0.907. The van der Waals surface area contributed by atoms with Crippen molar-refractivity contribution in [1.29, 1.82) is 0 Å². The van der Waals surface area contributed by atoms with Crippen molar-refractivity contribution in [3.05, 3.63) is 12.2 Å². The van der Waals surface area contributed by atoms with Crippen LogP contribution in [0.2, 0.25) is 0 Å². The van der Waals surface area contributed by atoms with E-state index in [1.54, 1.807) is 0 Å². The summed E-state index contributed by atoms with van der Waals surface area (Å²) in [6.45, 7) is 11.5. The molecule has 0 saturated heterocycles. The number of rotatable bonds is 5. The second-order valence-electron chi connectivity index (χ2n) is 4.61. The highest BCUT2D eigenvalue weighted by molar-refractivity contribution is 4.88. The van der Waals surface area contributed by atoms with E-state index in [2.05, 4.69) is 46.8 Å². The average Bonchev–Trinajstić information content (AvgIpc) is 1.98. The van der Waals surface area contributed by atoms with E-state index in [0.29, 0.717) is 5.41 Å². The largest absolute Gasteiger partial charge is 0.0885 e. The third kappa shape index (κ3) is 4.58. The molecule has 0 heterocycles. The molecule has 0 radical (unpaired) electrons. The Kier molecular flexibility index (Phi) is 5.28. The monoisotopic (exact) mass is 168 g/mol. The second-order valence-corrected chi connectivity index (χ2v) is 4.61. The Morgan fingerprint density at radius 2 is 1.75 bits per heavy atom. The minimum Gasteiger partial charge on any atom is -0.0885 e. The molecule has 0 fully saturated rings. The highest BCUT2D eigenvalue weighted by Gasteiger charge is 2.19. The molecule has 0 spiro atoms. The number of unbranched alkanes of at least 4 members (excludes halogenated alkanes) is 1. The van der Waals surface area contributed by atoms with E-state index in [1.165, 1.54) is 19.3 Å². The van der Waals surface area contributed by atoms with Gasteiger partial charge in [0.15, 0.2) is 0 Å². The van der Waals surface area contributed by atoms with Gasteiger partial charge in [0.05, 0.1) is 0 Å². The van der Waals surface area contributed by atoms with Crippen LogP contribution in [0.15, 0.2) is 12.2 Å². The maximum Gasteiger partial charge on any atom is -0.0297 e. The second kappa shape index (κ2) is 5.40. The van der Waals surface area contributed by atoms with Gasteiger partial charge in [-0.25, -0.2) is 0 Å². The first kappa shape index (κ1) is 11.7. The fourth-order valence-electron chi connectivity index (χ4n) is 0.907. The topological polar surface area (TPSA) is 0 Å². The van der Waals surface area contributed by atoms with Gasteiger partial charge in [-0.05, 0) is 24.2 Å². The van der Waals surface area contributed by atoms with Crippen LogP contribution in [-0.4, -0.2) is 0 Å². The summed E-state index contributed by atoms with van der Waals surface area (Å²) in [5.41, 5.74) is 0.463. The smallest absolute Gasteiger partial charge is 0.0297 e. The van der Waals surface area contributed by atoms with E-state index in [9.17, 15) is 0 Å². The van der Waals surface area contributed by atoms with Crippen LogP contribution >= 0.6 is 0 Å². The quantitative estimate of drug-likeness (QED) is 0.533. The summed E-state index contributed by atoms with van der Waals surface area (Å²) in [7, 11) is 0. The van der Waals surface area contributed by atoms with Crippen LogP contribution in [-0.2, 0) is 0 Å². The molecule has 0 saturated carbocycles. The molecule has 0 aromatic heterocycles. The van der Waals surface area contributed by atoms with Gasteiger partial charge in [0, 0.05) is 0 Å². The lowest BCUT2D eigenvalue weighted by Crippen LogP contribution is -2.17. The van der Waals surface area contributed by atoms with Crippen molar-refractivity contribution in [3.63, 3.8) is 0 Å². The Balaban J connectivity index is 3.75. The Hall–Kier alpha value is -0.260. The van der Waals surface area contributed by atoms with Crippen LogP contribution in [0.5, 0.6) is 0 Å². The third-order valence-corrected chi connectivity index (χ3v) is 2.83. The summed E-state index contributed by atoms with van der Waals surface area (Å²) in [5, 5.41) is 0. The number of allylic oxidation sites excluding steroid dienone is 2. The average molecular weight is 168 g/mol. The van der Waals surface area contributed by atoms with Crippen molar-refractivity contribution < 1.29 is 0 Å². The van der Waals surface area contributed by atoms with Crippen molar-refractivity contribution in [2.24, 2.45) is 11.3 Å². The molecular formula is C12H24. The number of hydrogen-bond donors (Lipinski definition) is 0. The maximum atomic E-state index is 2.34. The Bertz CT molecular complexity index is 129. The molecule has 12 heavy (non-hydrogen) atoms. The lowest BCUT2D eigenvalue weighted by molar-refractivity contribution is 0.253. The molecule has 0 rings (SSSR count). The van der Waals surface area contributed by atoms with Crippen molar-refractivity contribution in [1.82, 2.24) is 0 Å². The summed E-state index contributed by atoms with van der Waals surface area (Å²) < 4.78 is 0. The Morgan fingerprint density at radius 1 is 1.17 bits per heavy atom. The standard InChI is InChI=1S/C12H24/c1-6-7-8-9-10-12(4,5)11(2)3/h8-9,11H,6-7,10H2,1-5H3/b9-8+. The van der Waals surface area contributed by atoms with E-state index in [0.717, 1.165) is 5.92 Å². The SMILES string of the molecule is CCC/C=C/CC(C)(C)C(C)C. The van der Waals surface area contributed by atoms with Crippen molar-refractivity contribution >= 4 is 0 Å². The van der Waals surface area contributed by atoms with Crippen molar-refractivity contribution in [2.45, 2.75) is 53.9 Å². The molecule has 0 amide bonds. The molecule has 0 aliphatic rings. The van der Waals surface area contributed by atoms with E-state index in [-0.39, 0.29) is 0 Å². The van der Waals surface area contributed by atoms with Crippen molar-refractivity contribution in [2.75, 3.05) is 0 Å². The van der Waals surface area contributed by atoms with E-state index in [4.69, 9.17) is 0 Å². The third-order valence-electron chi connectivity index (χ3n) is 2.83. The number of hydrogen-bond acceptors (Lipinski definition) is 0. The normalized spacial score (nSPS) is 13.2. The van der Waals surface area contributed by atoms with E-state index < -0.39 is 0 Å². The summed E-state index contributed by atoms with van der Waals surface area (Å²) in [5.74, 6) is 0.767. The van der Waals surface area contributed by atoms with E-state index in [1.807, 2.05) is 0 Å². The predicted molar refractivity (Wildman–Crippen MR) is 57.3 cm³/mol. The van der Waals surface area contributed by atoms with Gasteiger partial charge in [-0.15, -0.1) is 0 Å². The van der Waals surface area contributed by atoms with Crippen LogP contribution in [0.25, 0.3) is 0 Å². The van der Waals surface area contributed by atoms with Crippen LogP contribution in [0.3, 0.4) is 0 Å². The Labute approximate surface area is 78.1 Å². The first-order chi connectivity index (χ1) is 5.50.